The normalized spacial score (nSPS) is 10.3. The zero-order chi connectivity index (χ0) is 14.5. The first-order valence-corrected chi connectivity index (χ1v) is 6.36. The van der Waals surface area contributed by atoms with E-state index in [0.29, 0.717) is 29.3 Å². The highest BCUT2D eigenvalue weighted by Crippen LogP contribution is 2.21. The van der Waals surface area contributed by atoms with E-state index in [-0.39, 0.29) is 5.91 Å². The van der Waals surface area contributed by atoms with Gasteiger partial charge in [0.05, 0.1) is 30.2 Å². The molecular weight excluding hydrogens is 268 g/mol. The van der Waals surface area contributed by atoms with E-state index in [0.717, 1.165) is 0 Å². The zero-order valence-electron chi connectivity index (χ0n) is 11.1. The molecule has 3 aromatic rings. The summed E-state index contributed by atoms with van der Waals surface area (Å²) in [5.41, 5.74) is 1.85. The smallest absolute Gasteiger partial charge is 0.252 e. The van der Waals surface area contributed by atoms with E-state index in [2.05, 4.69) is 20.3 Å². The third-order valence-electron chi connectivity index (χ3n) is 2.88. The molecule has 2 heterocycles. The first kappa shape index (κ1) is 13.0. The summed E-state index contributed by atoms with van der Waals surface area (Å²) < 4.78 is 5.26. The van der Waals surface area contributed by atoms with E-state index in [4.69, 9.17) is 4.42 Å². The Morgan fingerprint density at radius 1 is 1.14 bits per heavy atom. The Morgan fingerprint density at radius 3 is 2.81 bits per heavy atom. The minimum absolute atomic E-state index is 0.213. The molecule has 6 heteroatoms. The molecule has 0 unspecified atom stereocenters. The Balaban J connectivity index is 1.79. The molecule has 1 aromatic carbocycles. The summed E-state index contributed by atoms with van der Waals surface area (Å²) in [6.07, 6.45) is 7.80. The predicted octanol–water partition coefficient (Wildman–Crippen LogP) is 2.06. The van der Waals surface area contributed by atoms with Crippen LogP contribution in [0.15, 0.2) is 59.7 Å². The highest BCUT2D eigenvalue weighted by Gasteiger charge is 2.14. The largest absolute Gasteiger partial charge is 0.445 e. The van der Waals surface area contributed by atoms with Crippen molar-refractivity contribution < 1.29 is 9.21 Å². The maximum atomic E-state index is 12.3. The molecule has 104 valence electrons. The van der Waals surface area contributed by atoms with Crippen molar-refractivity contribution in [1.29, 1.82) is 0 Å². The number of amides is 1. The van der Waals surface area contributed by atoms with Gasteiger partial charge in [0.1, 0.15) is 6.26 Å². The number of oxazole rings is 1. The van der Waals surface area contributed by atoms with Crippen molar-refractivity contribution in [1.82, 2.24) is 20.3 Å². The van der Waals surface area contributed by atoms with Crippen molar-refractivity contribution in [3.8, 4) is 11.5 Å². The van der Waals surface area contributed by atoms with Gasteiger partial charge in [-0.25, -0.2) is 4.98 Å². The van der Waals surface area contributed by atoms with Crippen molar-refractivity contribution in [3.63, 3.8) is 0 Å². The van der Waals surface area contributed by atoms with Crippen LogP contribution in [0.5, 0.6) is 0 Å². The number of hydrogen-bond donors (Lipinski definition) is 1. The lowest BCUT2D eigenvalue weighted by Gasteiger charge is -2.07. The van der Waals surface area contributed by atoms with Gasteiger partial charge in [-0.3, -0.25) is 14.8 Å². The Hall–Kier alpha value is -3.02. The molecule has 0 aliphatic rings. The van der Waals surface area contributed by atoms with Crippen LogP contribution in [-0.2, 0) is 6.54 Å². The van der Waals surface area contributed by atoms with E-state index in [1.54, 1.807) is 43.0 Å². The number of carbonyl (C=O) groups excluding carboxylic acids is 1. The SMILES string of the molecule is O=C(NCc1cnccn1)c1ccccc1-c1ncco1. The molecule has 0 atom stereocenters. The van der Waals surface area contributed by atoms with Gasteiger partial charge in [-0.2, -0.15) is 0 Å². The fraction of sp³-hybridized carbons (Fsp3) is 0.0667. The Morgan fingerprint density at radius 2 is 2.05 bits per heavy atom. The molecule has 0 spiro atoms. The molecule has 21 heavy (non-hydrogen) atoms. The second-order valence-corrected chi connectivity index (χ2v) is 4.26. The molecule has 0 bridgehead atoms. The van der Waals surface area contributed by atoms with Crippen molar-refractivity contribution in [2.24, 2.45) is 0 Å². The highest BCUT2D eigenvalue weighted by molar-refractivity contribution is 5.99. The first-order valence-electron chi connectivity index (χ1n) is 6.36. The Labute approximate surface area is 120 Å². The van der Waals surface area contributed by atoms with Crippen molar-refractivity contribution >= 4 is 5.91 Å². The number of nitrogens with zero attached hydrogens (tertiary/aromatic N) is 3. The summed E-state index contributed by atoms with van der Waals surface area (Å²) in [6.45, 7) is 0.312. The lowest BCUT2D eigenvalue weighted by molar-refractivity contribution is 0.0951. The van der Waals surface area contributed by atoms with Gasteiger partial charge in [0.2, 0.25) is 5.89 Å². The predicted molar refractivity (Wildman–Crippen MR) is 75.1 cm³/mol. The lowest BCUT2D eigenvalue weighted by Crippen LogP contribution is -2.24. The molecule has 1 N–H and O–H groups in total. The number of rotatable bonds is 4. The van der Waals surface area contributed by atoms with Crippen LogP contribution in [-0.4, -0.2) is 20.9 Å². The molecule has 2 aromatic heterocycles. The molecule has 6 nitrogen and oxygen atoms in total. The second kappa shape index (κ2) is 5.96. The molecular formula is C15H12N4O2. The molecule has 0 radical (unpaired) electrons. The van der Waals surface area contributed by atoms with Crippen LogP contribution >= 0.6 is 0 Å². The summed E-state index contributed by atoms with van der Waals surface area (Å²) in [5.74, 6) is 0.203. The minimum Gasteiger partial charge on any atom is -0.445 e. The average molecular weight is 280 g/mol. The number of nitrogens with one attached hydrogen (secondary N) is 1. The molecule has 3 rings (SSSR count). The van der Waals surface area contributed by atoms with Crippen LogP contribution in [0, 0.1) is 0 Å². The molecule has 0 saturated heterocycles. The topological polar surface area (TPSA) is 80.9 Å². The van der Waals surface area contributed by atoms with Crippen LogP contribution in [0.1, 0.15) is 16.1 Å². The van der Waals surface area contributed by atoms with Crippen molar-refractivity contribution in [3.05, 3.63) is 66.6 Å². The van der Waals surface area contributed by atoms with E-state index in [9.17, 15) is 4.79 Å². The number of hydrogen-bond acceptors (Lipinski definition) is 5. The zero-order valence-corrected chi connectivity index (χ0v) is 11.1. The third kappa shape index (κ3) is 2.94. The third-order valence-corrected chi connectivity index (χ3v) is 2.88. The molecule has 0 saturated carbocycles. The van der Waals surface area contributed by atoms with Gasteiger partial charge in [0.25, 0.3) is 5.91 Å². The van der Waals surface area contributed by atoms with Crippen molar-refractivity contribution in [2.45, 2.75) is 6.54 Å². The monoisotopic (exact) mass is 280 g/mol. The summed E-state index contributed by atoms with van der Waals surface area (Å²) >= 11 is 0. The van der Waals surface area contributed by atoms with Gasteiger partial charge in [-0.15, -0.1) is 0 Å². The van der Waals surface area contributed by atoms with Crippen LogP contribution in [0.3, 0.4) is 0 Å². The Kier molecular flexibility index (Phi) is 3.68. The quantitative estimate of drug-likeness (QED) is 0.791. The molecule has 0 fully saturated rings. The Bertz CT molecular complexity index is 726. The molecule has 0 aliphatic heterocycles. The number of aromatic nitrogens is 3. The summed E-state index contributed by atoms with van der Waals surface area (Å²) in [7, 11) is 0. The van der Waals surface area contributed by atoms with Crippen LogP contribution in [0.25, 0.3) is 11.5 Å². The highest BCUT2D eigenvalue weighted by atomic mass is 16.3. The molecule has 0 aliphatic carbocycles. The fourth-order valence-corrected chi connectivity index (χ4v) is 1.91. The van der Waals surface area contributed by atoms with E-state index >= 15 is 0 Å². The van der Waals surface area contributed by atoms with Crippen LogP contribution < -0.4 is 5.32 Å². The van der Waals surface area contributed by atoms with Crippen LogP contribution in [0.4, 0.5) is 0 Å². The number of carbonyl (C=O) groups is 1. The van der Waals surface area contributed by atoms with Crippen molar-refractivity contribution in [2.75, 3.05) is 0 Å². The summed E-state index contributed by atoms with van der Waals surface area (Å²) in [5, 5.41) is 2.81. The summed E-state index contributed by atoms with van der Waals surface area (Å²) in [4.78, 5) is 24.4. The van der Waals surface area contributed by atoms with Gasteiger partial charge < -0.3 is 9.73 Å². The minimum atomic E-state index is -0.213. The lowest BCUT2D eigenvalue weighted by atomic mass is 10.1. The fourth-order valence-electron chi connectivity index (χ4n) is 1.91. The maximum Gasteiger partial charge on any atom is 0.252 e. The van der Waals surface area contributed by atoms with E-state index in [1.807, 2.05) is 6.07 Å². The van der Waals surface area contributed by atoms with Gasteiger partial charge in [-0.1, -0.05) is 12.1 Å². The average Bonchev–Trinajstić information content (AvgIpc) is 3.08. The van der Waals surface area contributed by atoms with E-state index in [1.165, 1.54) is 6.26 Å². The standard InChI is InChI=1S/C15H12N4O2/c20-14(19-10-11-9-16-5-6-17-11)12-3-1-2-4-13(12)15-18-7-8-21-15/h1-9H,10H2,(H,19,20). The van der Waals surface area contributed by atoms with Gasteiger partial charge >= 0.3 is 0 Å². The number of benzene rings is 1. The van der Waals surface area contributed by atoms with Gasteiger partial charge in [0, 0.05) is 18.0 Å². The van der Waals surface area contributed by atoms with Gasteiger partial charge in [-0.05, 0) is 12.1 Å². The first-order chi connectivity index (χ1) is 10.3. The van der Waals surface area contributed by atoms with Crippen LogP contribution in [0.2, 0.25) is 0 Å². The summed E-state index contributed by atoms with van der Waals surface area (Å²) in [6, 6.07) is 7.15. The molecule has 1 amide bonds. The van der Waals surface area contributed by atoms with Gasteiger partial charge in [0.15, 0.2) is 0 Å². The maximum absolute atomic E-state index is 12.3. The van der Waals surface area contributed by atoms with E-state index < -0.39 is 0 Å². The second-order valence-electron chi connectivity index (χ2n) is 4.26.